The molecule has 1 heterocycles. The van der Waals surface area contributed by atoms with Crippen LogP contribution in [0.25, 0.3) is 0 Å². The first-order valence-electron chi connectivity index (χ1n) is 6.94. The minimum absolute atomic E-state index is 0.513. The van der Waals surface area contributed by atoms with Crippen LogP contribution < -0.4 is 5.73 Å². The molecule has 1 atom stereocenters. The second-order valence-electron chi connectivity index (χ2n) is 5.15. The van der Waals surface area contributed by atoms with E-state index < -0.39 is 0 Å². The molecule has 0 aromatic carbocycles. The van der Waals surface area contributed by atoms with E-state index in [1.54, 1.807) is 7.11 Å². The van der Waals surface area contributed by atoms with Crippen molar-refractivity contribution in [2.24, 2.45) is 0 Å². The van der Waals surface area contributed by atoms with Gasteiger partial charge in [-0.1, -0.05) is 6.92 Å². The van der Waals surface area contributed by atoms with Gasteiger partial charge in [0.25, 0.3) is 0 Å². The highest BCUT2D eigenvalue weighted by Gasteiger charge is 2.15. The molecule has 4 nitrogen and oxygen atoms in total. The Morgan fingerprint density at radius 3 is 2.68 bits per heavy atom. The molecule has 1 aromatic heterocycles. The van der Waals surface area contributed by atoms with Crippen LogP contribution in [0.1, 0.15) is 37.1 Å². The number of hydrogen-bond donors (Lipinski definition) is 1. The van der Waals surface area contributed by atoms with Crippen LogP contribution in [0.4, 0.5) is 5.69 Å². The number of aryl methyl sites for hydroxylation is 1. The molecule has 1 aromatic rings. The van der Waals surface area contributed by atoms with Crippen LogP contribution in [0.2, 0.25) is 0 Å². The molecule has 1 unspecified atom stereocenters. The Bertz CT molecular complexity index is 407. The smallest absolute Gasteiger partial charge is 0.0593 e. The van der Waals surface area contributed by atoms with Gasteiger partial charge >= 0.3 is 0 Å². The predicted molar refractivity (Wildman–Crippen MR) is 80.2 cm³/mol. The summed E-state index contributed by atoms with van der Waals surface area (Å²) in [7, 11) is 1.74. The van der Waals surface area contributed by atoms with E-state index in [-0.39, 0.29) is 0 Å². The topological polar surface area (TPSA) is 51.4 Å². The minimum Gasteiger partial charge on any atom is -0.398 e. The summed E-state index contributed by atoms with van der Waals surface area (Å²) in [6.45, 7) is 11.0. The normalized spacial score (nSPS) is 12.9. The van der Waals surface area contributed by atoms with Crippen LogP contribution in [0.5, 0.6) is 0 Å². The third-order valence-corrected chi connectivity index (χ3v) is 3.83. The average Bonchev–Trinajstić information content (AvgIpc) is 2.42. The number of nitrogens with zero attached hydrogens (tertiary/aromatic N) is 2. The maximum Gasteiger partial charge on any atom is 0.0593 e. The van der Waals surface area contributed by atoms with Crippen LogP contribution in [-0.4, -0.2) is 36.2 Å². The lowest BCUT2D eigenvalue weighted by Crippen LogP contribution is -2.35. The van der Waals surface area contributed by atoms with E-state index in [0.717, 1.165) is 48.6 Å². The highest BCUT2D eigenvalue weighted by molar-refractivity contribution is 5.53. The number of rotatable bonds is 7. The van der Waals surface area contributed by atoms with E-state index >= 15 is 0 Å². The Labute approximate surface area is 117 Å². The molecule has 0 radical (unpaired) electrons. The Morgan fingerprint density at radius 1 is 1.42 bits per heavy atom. The number of pyridine rings is 1. The Kier molecular flexibility index (Phi) is 6.25. The van der Waals surface area contributed by atoms with Gasteiger partial charge in [-0.3, -0.25) is 9.88 Å². The third-order valence-electron chi connectivity index (χ3n) is 3.83. The lowest BCUT2D eigenvalue weighted by molar-refractivity contribution is 0.117. The van der Waals surface area contributed by atoms with Gasteiger partial charge in [-0.2, -0.15) is 0 Å². The molecule has 108 valence electrons. The number of methoxy groups -OCH3 is 1. The largest absolute Gasteiger partial charge is 0.398 e. The number of nitrogen functional groups attached to an aromatic ring is 1. The molecular formula is C15H27N3O. The zero-order valence-corrected chi connectivity index (χ0v) is 12.9. The van der Waals surface area contributed by atoms with E-state index in [4.69, 9.17) is 10.5 Å². The first kappa shape index (κ1) is 15.9. The minimum atomic E-state index is 0.513. The fourth-order valence-corrected chi connectivity index (χ4v) is 2.07. The van der Waals surface area contributed by atoms with Crippen molar-refractivity contribution in [2.45, 2.75) is 46.7 Å². The fraction of sp³-hybridized carbons (Fsp3) is 0.667. The zero-order chi connectivity index (χ0) is 14.4. The molecule has 0 saturated heterocycles. The lowest BCUT2D eigenvalue weighted by atomic mass is 10.1. The Morgan fingerprint density at radius 2 is 2.11 bits per heavy atom. The van der Waals surface area contributed by atoms with E-state index in [2.05, 4.69) is 30.7 Å². The molecule has 0 amide bonds. The second kappa shape index (κ2) is 7.46. The molecule has 0 aliphatic carbocycles. The molecular weight excluding hydrogens is 238 g/mol. The van der Waals surface area contributed by atoms with Crippen molar-refractivity contribution in [3.63, 3.8) is 0 Å². The van der Waals surface area contributed by atoms with Crippen molar-refractivity contribution < 1.29 is 4.74 Å². The standard InChI is InChI=1S/C15H27N3O/c1-6-12(3)18(7-8-19-5)10-14-13(4)15(16)11(2)9-17-14/h9,12H,6-8,10H2,1-5H3,(H2,16,17). The van der Waals surface area contributed by atoms with Crippen LogP contribution >= 0.6 is 0 Å². The van der Waals surface area contributed by atoms with E-state index in [1.807, 2.05) is 13.1 Å². The van der Waals surface area contributed by atoms with Gasteiger partial charge in [0.2, 0.25) is 0 Å². The van der Waals surface area contributed by atoms with Crippen LogP contribution in [0, 0.1) is 13.8 Å². The van der Waals surface area contributed by atoms with Crippen LogP contribution in [0.15, 0.2) is 6.20 Å². The summed E-state index contributed by atoms with van der Waals surface area (Å²) in [5.41, 5.74) is 10.2. The summed E-state index contributed by atoms with van der Waals surface area (Å²) in [6.07, 6.45) is 2.98. The molecule has 1 rings (SSSR count). The molecule has 0 spiro atoms. The molecule has 19 heavy (non-hydrogen) atoms. The quantitative estimate of drug-likeness (QED) is 0.823. The Hall–Kier alpha value is -1.13. The first-order chi connectivity index (χ1) is 9.01. The summed E-state index contributed by atoms with van der Waals surface area (Å²) in [5, 5.41) is 0. The molecule has 0 saturated carbocycles. The maximum absolute atomic E-state index is 6.08. The summed E-state index contributed by atoms with van der Waals surface area (Å²) in [4.78, 5) is 6.94. The summed E-state index contributed by atoms with van der Waals surface area (Å²) in [6, 6.07) is 0.513. The van der Waals surface area contributed by atoms with Crippen LogP contribution in [-0.2, 0) is 11.3 Å². The molecule has 4 heteroatoms. The highest BCUT2D eigenvalue weighted by atomic mass is 16.5. The van der Waals surface area contributed by atoms with Gasteiger partial charge in [-0.05, 0) is 38.3 Å². The van der Waals surface area contributed by atoms with Gasteiger partial charge in [0, 0.05) is 38.1 Å². The van der Waals surface area contributed by atoms with E-state index in [0.29, 0.717) is 6.04 Å². The fourth-order valence-electron chi connectivity index (χ4n) is 2.07. The van der Waals surface area contributed by atoms with Crippen LogP contribution in [0.3, 0.4) is 0 Å². The number of anilines is 1. The molecule has 0 fully saturated rings. The number of ether oxygens (including phenoxy) is 1. The number of aromatic nitrogens is 1. The highest BCUT2D eigenvalue weighted by Crippen LogP contribution is 2.20. The third kappa shape index (κ3) is 4.18. The second-order valence-corrected chi connectivity index (χ2v) is 5.15. The van der Waals surface area contributed by atoms with Gasteiger partial charge in [0.15, 0.2) is 0 Å². The van der Waals surface area contributed by atoms with Gasteiger partial charge in [0.1, 0.15) is 0 Å². The zero-order valence-electron chi connectivity index (χ0n) is 12.9. The number of nitrogens with two attached hydrogens (primary N) is 1. The van der Waals surface area contributed by atoms with E-state index in [1.165, 1.54) is 0 Å². The maximum atomic E-state index is 6.08. The summed E-state index contributed by atoms with van der Waals surface area (Å²) >= 11 is 0. The van der Waals surface area contributed by atoms with Crippen molar-refractivity contribution in [3.05, 3.63) is 23.0 Å². The van der Waals surface area contributed by atoms with Gasteiger partial charge < -0.3 is 10.5 Å². The van der Waals surface area contributed by atoms with Gasteiger partial charge in [-0.15, -0.1) is 0 Å². The molecule has 0 bridgehead atoms. The molecule has 0 aliphatic heterocycles. The summed E-state index contributed by atoms with van der Waals surface area (Å²) < 4.78 is 5.19. The molecule has 2 N–H and O–H groups in total. The molecule has 0 aliphatic rings. The SMILES string of the molecule is CCC(C)N(CCOC)Cc1ncc(C)c(N)c1C. The van der Waals surface area contributed by atoms with Crippen molar-refractivity contribution in [3.8, 4) is 0 Å². The number of hydrogen-bond acceptors (Lipinski definition) is 4. The van der Waals surface area contributed by atoms with Crippen molar-refractivity contribution in [1.29, 1.82) is 0 Å². The van der Waals surface area contributed by atoms with E-state index in [9.17, 15) is 0 Å². The first-order valence-corrected chi connectivity index (χ1v) is 6.94. The van der Waals surface area contributed by atoms with Gasteiger partial charge in [0.05, 0.1) is 12.3 Å². The monoisotopic (exact) mass is 265 g/mol. The van der Waals surface area contributed by atoms with Crippen molar-refractivity contribution in [2.75, 3.05) is 26.0 Å². The average molecular weight is 265 g/mol. The summed E-state index contributed by atoms with van der Waals surface area (Å²) in [5.74, 6) is 0. The van der Waals surface area contributed by atoms with Gasteiger partial charge in [-0.25, -0.2) is 0 Å². The van der Waals surface area contributed by atoms with Crippen molar-refractivity contribution >= 4 is 5.69 Å². The Balaban J connectivity index is 2.86. The predicted octanol–water partition coefficient (Wildman–Crippen LogP) is 2.53. The lowest BCUT2D eigenvalue weighted by Gasteiger charge is -2.28. The van der Waals surface area contributed by atoms with Crippen molar-refractivity contribution in [1.82, 2.24) is 9.88 Å².